The first-order valence-electron chi connectivity index (χ1n) is 9.53. The molecule has 29 heavy (non-hydrogen) atoms. The Balaban J connectivity index is 2.39. The molecule has 0 aliphatic heterocycles. The minimum Gasteiger partial charge on any atom is -0.462 e. The highest BCUT2D eigenvalue weighted by Crippen LogP contribution is 2.31. The molecule has 0 radical (unpaired) electrons. The highest BCUT2D eigenvalue weighted by atomic mass is 19.1. The van der Waals surface area contributed by atoms with Crippen molar-refractivity contribution in [3.63, 3.8) is 0 Å². The van der Waals surface area contributed by atoms with E-state index in [-0.39, 0.29) is 23.4 Å². The molecule has 0 spiro atoms. The molecule has 2 aromatic rings. The van der Waals surface area contributed by atoms with Gasteiger partial charge in [0, 0.05) is 24.2 Å². The van der Waals surface area contributed by atoms with Gasteiger partial charge in [0.25, 0.3) is 11.7 Å². The summed E-state index contributed by atoms with van der Waals surface area (Å²) < 4.78 is 18.5. The second-order valence-electron chi connectivity index (χ2n) is 7.00. The number of amides is 1. The summed E-state index contributed by atoms with van der Waals surface area (Å²) >= 11 is 0. The van der Waals surface area contributed by atoms with E-state index >= 15 is 0 Å². The van der Waals surface area contributed by atoms with Crippen LogP contribution in [0.4, 0.5) is 4.39 Å². The van der Waals surface area contributed by atoms with Gasteiger partial charge >= 0.3 is 5.97 Å². The molecule has 3 N–H and O–H groups in total. The normalized spacial score (nSPS) is 10.8. The molecule has 1 aromatic heterocycles. The summed E-state index contributed by atoms with van der Waals surface area (Å²) in [5, 5.41) is 2.61. The molecule has 0 fully saturated rings. The Morgan fingerprint density at radius 3 is 2.41 bits per heavy atom. The van der Waals surface area contributed by atoms with Crippen molar-refractivity contribution in [3.8, 4) is 11.1 Å². The van der Waals surface area contributed by atoms with Crippen LogP contribution in [0.1, 0.15) is 39.9 Å². The van der Waals surface area contributed by atoms with Crippen molar-refractivity contribution in [1.29, 1.82) is 0 Å². The van der Waals surface area contributed by atoms with Crippen molar-refractivity contribution in [2.24, 2.45) is 0 Å². The fourth-order valence-corrected chi connectivity index (χ4v) is 3.00. The second kappa shape index (κ2) is 9.97. The van der Waals surface area contributed by atoms with Gasteiger partial charge in [-0.2, -0.15) is 0 Å². The zero-order valence-electron chi connectivity index (χ0n) is 17.1. The van der Waals surface area contributed by atoms with Gasteiger partial charge in [-0.1, -0.05) is 12.1 Å². The van der Waals surface area contributed by atoms with Crippen LogP contribution in [-0.2, 0) is 9.53 Å². The lowest BCUT2D eigenvalue weighted by atomic mass is 9.98. The second-order valence-corrected chi connectivity index (χ2v) is 7.00. The third-order valence-electron chi connectivity index (χ3n) is 4.37. The molecule has 0 saturated carbocycles. The maximum absolute atomic E-state index is 13.4. The predicted octanol–water partition coefficient (Wildman–Crippen LogP) is 1.14. The van der Waals surface area contributed by atoms with E-state index in [1.165, 1.54) is 29.2 Å². The number of aromatic amines is 1. The number of nitrogens with one attached hydrogen (secondary N) is 3. The molecule has 2 rings (SSSR count). The largest absolute Gasteiger partial charge is 0.462 e. The average Bonchev–Trinajstić information content (AvgIpc) is 3.02. The number of esters is 1. The highest BCUT2D eigenvalue weighted by molar-refractivity contribution is 6.43. The highest BCUT2D eigenvalue weighted by Gasteiger charge is 2.29. The van der Waals surface area contributed by atoms with E-state index in [0.29, 0.717) is 17.8 Å². The smallest absolute Gasteiger partial charge is 0.340 e. The SMILES string of the molecule is CCOC(=O)c1c(C)[nH]c(C(=O)C(=O)NCCC[NH+](C)C)c1-c1ccc(F)cc1. The Morgan fingerprint density at radius 1 is 1.17 bits per heavy atom. The van der Waals surface area contributed by atoms with E-state index in [9.17, 15) is 18.8 Å². The van der Waals surface area contributed by atoms with Gasteiger partial charge in [0.05, 0.1) is 32.8 Å². The van der Waals surface area contributed by atoms with Crippen LogP contribution < -0.4 is 10.2 Å². The van der Waals surface area contributed by atoms with Gasteiger partial charge in [-0.05, 0) is 31.5 Å². The van der Waals surface area contributed by atoms with Crippen molar-refractivity contribution in [2.75, 3.05) is 33.8 Å². The summed E-state index contributed by atoms with van der Waals surface area (Å²) in [5.74, 6) is -2.62. The lowest BCUT2D eigenvalue weighted by Gasteiger charge is -2.09. The summed E-state index contributed by atoms with van der Waals surface area (Å²) in [7, 11) is 4.00. The van der Waals surface area contributed by atoms with Crippen molar-refractivity contribution in [3.05, 3.63) is 47.0 Å². The average molecular weight is 404 g/mol. The van der Waals surface area contributed by atoms with Crippen molar-refractivity contribution < 1.29 is 28.4 Å². The first-order valence-corrected chi connectivity index (χ1v) is 9.53. The molecule has 7 nitrogen and oxygen atoms in total. The van der Waals surface area contributed by atoms with Gasteiger partial charge in [-0.15, -0.1) is 0 Å². The fraction of sp³-hybridized carbons (Fsp3) is 0.381. The zero-order chi connectivity index (χ0) is 21.6. The summed E-state index contributed by atoms with van der Waals surface area (Å²) in [6.07, 6.45) is 0.726. The fourth-order valence-electron chi connectivity index (χ4n) is 3.00. The minimum absolute atomic E-state index is 0.0205. The minimum atomic E-state index is -0.792. The molecule has 1 heterocycles. The number of aromatic nitrogens is 1. The third-order valence-corrected chi connectivity index (χ3v) is 4.37. The Kier molecular flexibility index (Phi) is 7.67. The summed E-state index contributed by atoms with van der Waals surface area (Å²) in [5.41, 5.74) is 1.21. The van der Waals surface area contributed by atoms with Crippen LogP contribution in [0.15, 0.2) is 24.3 Å². The van der Waals surface area contributed by atoms with Crippen LogP contribution in [0, 0.1) is 12.7 Å². The predicted molar refractivity (Wildman–Crippen MR) is 107 cm³/mol. The van der Waals surface area contributed by atoms with Crippen LogP contribution in [0.3, 0.4) is 0 Å². The third kappa shape index (κ3) is 5.51. The molecule has 156 valence electrons. The molecule has 0 saturated heterocycles. The number of carbonyl (C=O) groups excluding carboxylic acids is 3. The number of aryl methyl sites for hydroxylation is 1. The number of benzene rings is 1. The van der Waals surface area contributed by atoms with E-state index in [1.54, 1.807) is 13.8 Å². The summed E-state index contributed by atoms with van der Waals surface area (Å²) in [6.45, 7) is 4.67. The molecule has 8 heteroatoms. The van der Waals surface area contributed by atoms with Crippen molar-refractivity contribution >= 4 is 17.7 Å². The Morgan fingerprint density at radius 2 is 1.83 bits per heavy atom. The van der Waals surface area contributed by atoms with Crippen LogP contribution in [0.2, 0.25) is 0 Å². The molecule has 1 amide bonds. The molecule has 1 aromatic carbocycles. The zero-order valence-corrected chi connectivity index (χ0v) is 17.1. The topological polar surface area (TPSA) is 92.7 Å². The first-order chi connectivity index (χ1) is 13.8. The number of halogens is 1. The number of carbonyl (C=O) groups is 3. The van der Waals surface area contributed by atoms with E-state index in [2.05, 4.69) is 10.3 Å². The maximum Gasteiger partial charge on any atom is 0.340 e. The van der Waals surface area contributed by atoms with Crippen LogP contribution in [-0.4, -0.2) is 56.4 Å². The molecular formula is C21H27FN3O4+. The molecule has 0 aliphatic carbocycles. The van der Waals surface area contributed by atoms with Crippen LogP contribution >= 0.6 is 0 Å². The van der Waals surface area contributed by atoms with E-state index in [4.69, 9.17) is 4.74 Å². The molecule has 0 atom stereocenters. The Labute approximate surface area is 169 Å². The lowest BCUT2D eigenvalue weighted by molar-refractivity contribution is -0.858. The molecular weight excluding hydrogens is 377 g/mol. The van der Waals surface area contributed by atoms with Gasteiger partial charge in [0.1, 0.15) is 11.5 Å². The number of quaternary nitrogens is 1. The molecule has 0 aliphatic rings. The summed E-state index contributed by atoms with van der Waals surface area (Å²) in [6, 6.07) is 5.36. The monoisotopic (exact) mass is 404 g/mol. The van der Waals surface area contributed by atoms with Gasteiger partial charge in [0.2, 0.25) is 0 Å². The van der Waals surface area contributed by atoms with Crippen molar-refractivity contribution in [1.82, 2.24) is 10.3 Å². The quantitative estimate of drug-likeness (QED) is 0.253. The number of Topliss-reactive ketones (excluding diaryl/α,β-unsaturated/α-hetero) is 1. The lowest BCUT2D eigenvalue weighted by Crippen LogP contribution is -3.05. The summed E-state index contributed by atoms with van der Waals surface area (Å²) in [4.78, 5) is 41.7. The Hall–Kier alpha value is -3.00. The van der Waals surface area contributed by atoms with Gasteiger partial charge < -0.3 is 19.9 Å². The van der Waals surface area contributed by atoms with E-state index in [1.807, 2.05) is 14.1 Å². The van der Waals surface area contributed by atoms with E-state index < -0.39 is 23.5 Å². The number of rotatable bonds is 9. The molecule has 0 unspecified atom stereocenters. The molecule has 0 bridgehead atoms. The maximum atomic E-state index is 13.4. The Bertz CT molecular complexity index is 888. The number of hydrogen-bond acceptors (Lipinski definition) is 4. The van der Waals surface area contributed by atoms with Crippen LogP contribution in [0.25, 0.3) is 11.1 Å². The number of ketones is 1. The van der Waals surface area contributed by atoms with Gasteiger partial charge in [-0.3, -0.25) is 9.59 Å². The van der Waals surface area contributed by atoms with E-state index in [0.717, 1.165) is 13.0 Å². The van der Waals surface area contributed by atoms with Gasteiger partial charge in [0.15, 0.2) is 0 Å². The van der Waals surface area contributed by atoms with Gasteiger partial charge in [-0.25, -0.2) is 9.18 Å². The standard InChI is InChI=1S/C21H26FN3O4/c1-5-29-21(28)16-13(2)24-18(17(16)14-7-9-15(22)10-8-14)19(26)20(27)23-11-6-12-25(3)4/h7-10,24H,5-6,11-12H2,1-4H3,(H,23,27)/p+1. The first kappa shape index (κ1) is 22.3. The van der Waals surface area contributed by atoms with Crippen LogP contribution in [0.5, 0.6) is 0 Å². The number of H-pyrrole nitrogens is 1. The number of ether oxygens (including phenoxy) is 1. The number of hydrogen-bond donors (Lipinski definition) is 3. The van der Waals surface area contributed by atoms with Crippen molar-refractivity contribution in [2.45, 2.75) is 20.3 Å².